The first kappa shape index (κ1) is 13.7. The second-order valence-electron chi connectivity index (χ2n) is 6.71. The van der Waals surface area contributed by atoms with Gasteiger partial charge in [0.1, 0.15) is 6.04 Å². The Hall–Kier alpha value is -1.26. The zero-order chi connectivity index (χ0) is 14.3. The Kier molecular flexibility index (Phi) is 3.61. The third kappa shape index (κ3) is 2.76. The molecule has 0 bridgehead atoms. The number of rotatable bonds is 4. The number of carboxylic acid groups (broad SMARTS) is 1. The highest BCUT2D eigenvalue weighted by atomic mass is 16.4. The summed E-state index contributed by atoms with van der Waals surface area (Å²) in [6.45, 7) is 3.37. The molecule has 2 saturated carbocycles. The van der Waals surface area contributed by atoms with Gasteiger partial charge >= 0.3 is 12.0 Å². The number of carboxylic acids is 1. The molecule has 0 aromatic rings. The maximum absolute atomic E-state index is 12.8. The van der Waals surface area contributed by atoms with Gasteiger partial charge in [-0.25, -0.2) is 9.59 Å². The van der Waals surface area contributed by atoms with Crippen LogP contribution in [-0.4, -0.2) is 52.1 Å². The first-order chi connectivity index (χ1) is 9.58. The summed E-state index contributed by atoms with van der Waals surface area (Å²) in [6, 6.07) is -0.301. The molecule has 3 fully saturated rings. The predicted octanol–water partition coefficient (Wildman–Crippen LogP) is 2.17. The van der Waals surface area contributed by atoms with Crippen LogP contribution in [-0.2, 0) is 4.79 Å². The number of aliphatic carboxylic acids is 1. The molecule has 2 unspecified atom stereocenters. The molecule has 2 amide bonds. The van der Waals surface area contributed by atoms with E-state index in [0.29, 0.717) is 18.5 Å². The first-order valence-electron chi connectivity index (χ1n) is 7.88. The van der Waals surface area contributed by atoms with Gasteiger partial charge in [0.05, 0.1) is 0 Å². The highest BCUT2D eigenvalue weighted by Crippen LogP contribution is 2.36. The van der Waals surface area contributed by atoms with E-state index < -0.39 is 12.0 Å². The maximum atomic E-state index is 12.8. The number of amides is 2. The van der Waals surface area contributed by atoms with E-state index in [2.05, 4.69) is 0 Å². The van der Waals surface area contributed by atoms with Gasteiger partial charge in [0.15, 0.2) is 0 Å². The van der Waals surface area contributed by atoms with Crippen molar-refractivity contribution in [2.24, 2.45) is 11.8 Å². The lowest BCUT2D eigenvalue weighted by atomic mass is 9.91. The minimum atomic E-state index is -0.854. The van der Waals surface area contributed by atoms with Gasteiger partial charge in [-0.3, -0.25) is 0 Å². The Morgan fingerprint density at radius 2 is 1.90 bits per heavy atom. The first-order valence-corrected chi connectivity index (χ1v) is 7.88. The van der Waals surface area contributed by atoms with E-state index in [1.54, 1.807) is 4.90 Å². The number of hydrogen-bond donors (Lipinski definition) is 1. The molecule has 3 aliphatic rings. The van der Waals surface area contributed by atoms with Crippen LogP contribution >= 0.6 is 0 Å². The Bertz CT molecular complexity index is 404. The lowest BCUT2D eigenvalue weighted by Gasteiger charge is -2.40. The van der Waals surface area contributed by atoms with E-state index in [9.17, 15) is 14.7 Å². The highest BCUT2D eigenvalue weighted by molar-refractivity contribution is 5.83. The molecule has 1 N–H and O–H groups in total. The molecule has 1 aliphatic heterocycles. The van der Waals surface area contributed by atoms with Crippen molar-refractivity contribution in [2.75, 3.05) is 13.1 Å². The second kappa shape index (κ2) is 5.26. The Labute approximate surface area is 119 Å². The summed E-state index contributed by atoms with van der Waals surface area (Å²) in [6.07, 6.45) is 6.41. The average Bonchev–Trinajstić information content (AvgIpc) is 3.26. The van der Waals surface area contributed by atoms with E-state index in [0.717, 1.165) is 32.2 Å². The fourth-order valence-corrected chi connectivity index (χ4v) is 3.29. The van der Waals surface area contributed by atoms with E-state index in [1.165, 1.54) is 12.8 Å². The Morgan fingerprint density at radius 1 is 1.20 bits per heavy atom. The van der Waals surface area contributed by atoms with Crippen LogP contribution in [0.1, 0.15) is 45.4 Å². The molecule has 112 valence electrons. The number of carbonyl (C=O) groups is 2. The van der Waals surface area contributed by atoms with Crippen LogP contribution in [0.4, 0.5) is 4.79 Å². The fraction of sp³-hybridized carbons (Fsp3) is 0.867. The van der Waals surface area contributed by atoms with Gasteiger partial charge in [0, 0.05) is 19.1 Å². The standard InChI is InChI=1S/C15H24N2O3/c1-10-3-2-8-16(13(10)14(18)19)15(20)17(12-6-7-12)9-11-4-5-11/h10-13H,2-9H2,1H3,(H,18,19). The molecule has 3 rings (SSSR count). The quantitative estimate of drug-likeness (QED) is 0.858. The number of carbonyl (C=O) groups excluding carboxylic acids is 1. The molecule has 0 radical (unpaired) electrons. The molecule has 1 saturated heterocycles. The zero-order valence-electron chi connectivity index (χ0n) is 12.1. The summed E-state index contributed by atoms with van der Waals surface area (Å²) < 4.78 is 0. The Balaban J connectivity index is 1.73. The fourth-order valence-electron chi connectivity index (χ4n) is 3.29. The number of hydrogen-bond acceptors (Lipinski definition) is 2. The molecule has 5 nitrogen and oxygen atoms in total. The number of nitrogens with zero attached hydrogens (tertiary/aromatic N) is 2. The largest absolute Gasteiger partial charge is 0.480 e. The molecule has 0 aromatic carbocycles. The molecule has 2 atom stereocenters. The Morgan fingerprint density at radius 3 is 2.45 bits per heavy atom. The third-order valence-corrected chi connectivity index (χ3v) is 4.82. The predicted molar refractivity (Wildman–Crippen MR) is 74.4 cm³/mol. The van der Waals surface area contributed by atoms with Crippen molar-refractivity contribution < 1.29 is 14.7 Å². The summed E-state index contributed by atoms with van der Waals surface area (Å²) in [7, 11) is 0. The van der Waals surface area contributed by atoms with Gasteiger partial charge in [-0.15, -0.1) is 0 Å². The second-order valence-corrected chi connectivity index (χ2v) is 6.71. The third-order valence-electron chi connectivity index (χ3n) is 4.82. The van der Waals surface area contributed by atoms with Crippen molar-refractivity contribution >= 4 is 12.0 Å². The molecule has 2 aliphatic carbocycles. The SMILES string of the molecule is CC1CCCN(C(=O)N(CC2CC2)C2CC2)C1C(=O)O. The van der Waals surface area contributed by atoms with Gasteiger partial charge in [0.2, 0.25) is 0 Å². The van der Waals surface area contributed by atoms with Crippen LogP contribution < -0.4 is 0 Å². The monoisotopic (exact) mass is 280 g/mol. The maximum Gasteiger partial charge on any atom is 0.326 e. The van der Waals surface area contributed by atoms with Crippen LogP contribution in [0.2, 0.25) is 0 Å². The molecule has 0 spiro atoms. The van der Waals surface area contributed by atoms with Gasteiger partial charge in [-0.1, -0.05) is 6.92 Å². The van der Waals surface area contributed by atoms with Crippen molar-refractivity contribution in [3.8, 4) is 0 Å². The van der Waals surface area contributed by atoms with Crippen molar-refractivity contribution in [3.63, 3.8) is 0 Å². The van der Waals surface area contributed by atoms with Crippen molar-refractivity contribution in [3.05, 3.63) is 0 Å². The number of urea groups is 1. The summed E-state index contributed by atoms with van der Waals surface area (Å²) in [5.74, 6) is -0.148. The van der Waals surface area contributed by atoms with Gasteiger partial charge in [0.25, 0.3) is 0 Å². The van der Waals surface area contributed by atoms with Crippen molar-refractivity contribution in [1.82, 2.24) is 9.80 Å². The zero-order valence-corrected chi connectivity index (χ0v) is 12.1. The summed E-state index contributed by atoms with van der Waals surface area (Å²) in [4.78, 5) is 27.9. The molecule has 0 aromatic heterocycles. The van der Waals surface area contributed by atoms with Crippen molar-refractivity contribution in [2.45, 2.75) is 57.5 Å². The van der Waals surface area contributed by atoms with Crippen LogP contribution in [0.15, 0.2) is 0 Å². The number of piperidine rings is 1. The summed E-state index contributed by atoms with van der Waals surface area (Å²) in [5.41, 5.74) is 0. The van der Waals surface area contributed by atoms with E-state index in [-0.39, 0.29) is 11.9 Å². The summed E-state index contributed by atoms with van der Waals surface area (Å²) >= 11 is 0. The summed E-state index contributed by atoms with van der Waals surface area (Å²) in [5, 5.41) is 9.45. The smallest absolute Gasteiger partial charge is 0.326 e. The normalized spacial score (nSPS) is 30.1. The van der Waals surface area contributed by atoms with Crippen LogP contribution in [0.3, 0.4) is 0 Å². The molecular formula is C15H24N2O3. The van der Waals surface area contributed by atoms with E-state index >= 15 is 0 Å². The molecule has 5 heteroatoms. The minimum absolute atomic E-state index is 0.0293. The van der Waals surface area contributed by atoms with Crippen LogP contribution in [0.25, 0.3) is 0 Å². The minimum Gasteiger partial charge on any atom is -0.480 e. The highest BCUT2D eigenvalue weighted by Gasteiger charge is 2.43. The van der Waals surface area contributed by atoms with E-state index in [1.807, 2.05) is 11.8 Å². The van der Waals surface area contributed by atoms with Gasteiger partial charge in [-0.05, 0) is 50.4 Å². The van der Waals surface area contributed by atoms with E-state index in [4.69, 9.17) is 0 Å². The van der Waals surface area contributed by atoms with Crippen LogP contribution in [0, 0.1) is 11.8 Å². The molecule has 1 heterocycles. The number of likely N-dealkylation sites (tertiary alicyclic amines) is 1. The van der Waals surface area contributed by atoms with Crippen LogP contribution in [0.5, 0.6) is 0 Å². The lowest BCUT2D eigenvalue weighted by Crippen LogP contribution is -2.56. The molecule has 20 heavy (non-hydrogen) atoms. The molecular weight excluding hydrogens is 256 g/mol. The van der Waals surface area contributed by atoms with Gasteiger partial charge in [-0.2, -0.15) is 0 Å². The van der Waals surface area contributed by atoms with Gasteiger partial charge < -0.3 is 14.9 Å². The lowest BCUT2D eigenvalue weighted by molar-refractivity contribution is -0.145. The average molecular weight is 280 g/mol. The topological polar surface area (TPSA) is 60.9 Å². The van der Waals surface area contributed by atoms with Crippen molar-refractivity contribution in [1.29, 1.82) is 0 Å².